The summed E-state index contributed by atoms with van der Waals surface area (Å²) in [6, 6.07) is 11.8. The van der Waals surface area contributed by atoms with Crippen molar-refractivity contribution in [2.45, 2.75) is 32.6 Å². The van der Waals surface area contributed by atoms with Crippen LogP contribution in [0, 0.1) is 0 Å². The number of ether oxygens (including phenoxy) is 1. The van der Waals surface area contributed by atoms with Crippen LogP contribution in [0.2, 0.25) is 0 Å². The number of piperidine rings is 1. The summed E-state index contributed by atoms with van der Waals surface area (Å²) in [4.78, 5) is 41.3. The number of rotatable bonds is 6. The van der Waals surface area contributed by atoms with Crippen LogP contribution in [0.15, 0.2) is 41.3 Å². The van der Waals surface area contributed by atoms with E-state index in [1.165, 1.54) is 0 Å². The molecule has 0 bridgehead atoms. The van der Waals surface area contributed by atoms with Crippen LogP contribution >= 0.6 is 11.8 Å². The molecule has 0 aromatic heterocycles. The van der Waals surface area contributed by atoms with Crippen molar-refractivity contribution in [3.63, 3.8) is 0 Å². The number of hydrogen-bond acceptors (Lipinski definition) is 5. The minimum atomic E-state index is -0.422. The SMILES string of the molecule is CCCOc1ccc2ccccc2c1/C=C1\SC(=O)N(CC(=O)N2CCCCC2)C1=O. The fourth-order valence-electron chi connectivity index (χ4n) is 3.91. The molecule has 4 rings (SSSR count). The zero-order valence-electron chi connectivity index (χ0n) is 17.6. The van der Waals surface area contributed by atoms with Crippen LogP contribution in [0.3, 0.4) is 0 Å². The van der Waals surface area contributed by atoms with Crippen LogP contribution in [-0.2, 0) is 9.59 Å². The van der Waals surface area contributed by atoms with E-state index in [0.29, 0.717) is 30.4 Å². The number of fused-ring (bicyclic) bond motifs is 1. The van der Waals surface area contributed by atoms with E-state index in [2.05, 4.69) is 0 Å². The molecule has 0 atom stereocenters. The number of thioether (sulfide) groups is 1. The lowest BCUT2D eigenvalue weighted by molar-refractivity contribution is -0.136. The summed E-state index contributed by atoms with van der Waals surface area (Å²) in [6.45, 7) is 3.78. The van der Waals surface area contributed by atoms with Crippen LogP contribution in [0.4, 0.5) is 4.79 Å². The summed E-state index contributed by atoms with van der Waals surface area (Å²) >= 11 is 0.879. The third-order valence-corrected chi connectivity index (χ3v) is 6.45. The maximum atomic E-state index is 13.0. The van der Waals surface area contributed by atoms with Crippen molar-refractivity contribution in [1.29, 1.82) is 0 Å². The van der Waals surface area contributed by atoms with Crippen LogP contribution in [0.1, 0.15) is 38.2 Å². The molecule has 2 saturated heterocycles. The Balaban J connectivity index is 1.61. The van der Waals surface area contributed by atoms with Gasteiger partial charge in [0.15, 0.2) is 0 Å². The first kappa shape index (κ1) is 21.4. The lowest BCUT2D eigenvalue weighted by Crippen LogP contribution is -2.44. The molecule has 0 saturated carbocycles. The predicted octanol–water partition coefficient (Wildman–Crippen LogP) is 4.68. The Kier molecular flexibility index (Phi) is 6.61. The fraction of sp³-hybridized carbons (Fsp3) is 0.375. The average molecular weight is 439 g/mol. The van der Waals surface area contributed by atoms with Crippen LogP contribution in [0.5, 0.6) is 5.75 Å². The van der Waals surface area contributed by atoms with Crippen molar-refractivity contribution in [3.05, 3.63) is 46.9 Å². The molecule has 2 aliphatic heterocycles. The van der Waals surface area contributed by atoms with E-state index in [1.807, 2.05) is 43.3 Å². The van der Waals surface area contributed by atoms with Gasteiger partial charge < -0.3 is 9.64 Å². The molecule has 6 nitrogen and oxygen atoms in total. The fourth-order valence-corrected chi connectivity index (χ4v) is 4.73. The first-order valence-electron chi connectivity index (χ1n) is 10.8. The number of nitrogens with zero attached hydrogens (tertiary/aromatic N) is 2. The van der Waals surface area contributed by atoms with Gasteiger partial charge in [0.2, 0.25) is 5.91 Å². The monoisotopic (exact) mass is 438 g/mol. The highest BCUT2D eigenvalue weighted by Crippen LogP contribution is 2.37. The summed E-state index contributed by atoms with van der Waals surface area (Å²) in [6.07, 6.45) is 5.64. The molecule has 7 heteroatoms. The average Bonchev–Trinajstić information content (AvgIpc) is 3.06. The smallest absolute Gasteiger partial charge is 0.294 e. The summed E-state index contributed by atoms with van der Waals surface area (Å²) in [5.41, 5.74) is 0.777. The molecule has 0 spiro atoms. The van der Waals surface area contributed by atoms with Crippen molar-refractivity contribution >= 4 is 45.7 Å². The van der Waals surface area contributed by atoms with E-state index in [-0.39, 0.29) is 12.5 Å². The number of likely N-dealkylation sites (tertiary alicyclic amines) is 1. The maximum Gasteiger partial charge on any atom is 0.294 e. The van der Waals surface area contributed by atoms with Gasteiger partial charge in [0.25, 0.3) is 11.1 Å². The Bertz CT molecular complexity index is 1040. The Morgan fingerprint density at radius 1 is 1.10 bits per heavy atom. The number of carbonyl (C=O) groups is 3. The second-order valence-electron chi connectivity index (χ2n) is 7.76. The standard InChI is InChI=1S/C24H26N2O4S/c1-2-14-30-20-11-10-17-8-4-5-9-18(17)19(20)15-21-23(28)26(24(29)31-21)16-22(27)25-12-6-3-7-13-25/h4-5,8-11,15H,2-3,6-7,12-14,16H2,1H3/b21-15-. The van der Waals surface area contributed by atoms with Gasteiger partial charge in [0.05, 0.1) is 11.5 Å². The minimum Gasteiger partial charge on any atom is -0.493 e. The molecule has 162 valence electrons. The quantitative estimate of drug-likeness (QED) is 0.613. The summed E-state index contributed by atoms with van der Waals surface area (Å²) < 4.78 is 5.91. The number of benzene rings is 2. The summed E-state index contributed by atoms with van der Waals surface area (Å²) in [7, 11) is 0. The zero-order valence-corrected chi connectivity index (χ0v) is 18.5. The molecule has 2 heterocycles. The molecule has 2 aromatic carbocycles. The van der Waals surface area contributed by atoms with Crippen molar-refractivity contribution in [2.24, 2.45) is 0 Å². The minimum absolute atomic E-state index is 0.166. The Morgan fingerprint density at radius 2 is 1.87 bits per heavy atom. The van der Waals surface area contributed by atoms with Gasteiger partial charge in [-0.3, -0.25) is 19.3 Å². The summed E-state index contributed by atoms with van der Waals surface area (Å²) in [5.74, 6) is 0.0897. The molecule has 2 aliphatic rings. The van der Waals surface area contributed by atoms with Gasteiger partial charge in [0.1, 0.15) is 12.3 Å². The largest absolute Gasteiger partial charge is 0.493 e. The number of amides is 3. The van der Waals surface area contributed by atoms with Crippen molar-refractivity contribution in [3.8, 4) is 5.75 Å². The molecule has 0 radical (unpaired) electrons. The number of carbonyl (C=O) groups excluding carboxylic acids is 3. The topological polar surface area (TPSA) is 66.9 Å². The zero-order chi connectivity index (χ0) is 21.8. The molecule has 0 aliphatic carbocycles. The van der Waals surface area contributed by atoms with Crippen LogP contribution < -0.4 is 4.74 Å². The lowest BCUT2D eigenvalue weighted by atomic mass is 10.0. The van der Waals surface area contributed by atoms with Crippen LogP contribution in [0.25, 0.3) is 16.8 Å². The molecular formula is C24H26N2O4S. The van der Waals surface area contributed by atoms with Crippen LogP contribution in [-0.4, -0.2) is 53.1 Å². The van der Waals surface area contributed by atoms with E-state index in [9.17, 15) is 14.4 Å². The molecule has 31 heavy (non-hydrogen) atoms. The number of imide groups is 1. The van der Waals surface area contributed by atoms with Gasteiger partial charge in [-0.15, -0.1) is 0 Å². The van der Waals surface area contributed by atoms with Gasteiger partial charge in [0, 0.05) is 18.7 Å². The first-order chi connectivity index (χ1) is 15.1. The van der Waals surface area contributed by atoms with Gasteiger partial charge >= 0.3 is 0 Å². The highest BCUT2D eigenvalue weighted by Gasteiger charge is 2.37. The van der Waals surface area contributed by atoms with Gasteiger partial charge in [-0.1, -0.05) is 37.3 Å². The Hall–Kier alpha value is -2.80. The maximum absolute atomic E-state index is 13.0. The van der Waals surface area contributed by atoms with E-state index >= 15 is 0 Å². The van der Waals surface area contributed by atoms with Gasteiger partial charge in [-0.05, 0) is 60.4 Å². The first-order valence-corrected chi connectivity index (χ1v) is 11.6. The molecule has 2 fully saturated rings. The molecule has 0 N–H and O–H groups in total. The second kappa shape index (κ2) is 9.56. The van der Waals surface area contributed by atoms with Crippen molar-refractivity contribution in [1.82, 2.24) is 9.80 Å². The summed E-state index contributed by atoms with van der Waals surface area (Å²) in [5, 5.41) is 1.57. The molecule has 0 unspecified atom stereocenters. The predicted molar refractivity (Wildman–Crippen MR) is 123 cm³/mol. The second-order valence-corrected chi connectivity index (χ2v) is 8.75. The van der Waals surface area contributed by atoms with E-state index in [1.54, 1.807) is 11.0 Å². The Morgan fingerprint density at radius 3 is 2.65 bits per heavy atom. The van der Waals surface area contributed by atoms with E-state index in [0.717, 1.165) is 58.7 Å². The van der Waals surface area contributed by atoms with Gasteiger partial charge in [-0.2, -0.15) is 0 Å². The van der Waals surface area contributed by atoms with E-state index in [4.69, 9.17) is 4.74 Å². The molecule has 3 amide bonds. The highest BCUT2D eigenvalue weighted by atomic mass is 32.2. The highest BCUT2D eigenvalue weighted by molar-refractivity contribution is 8.18. The lowest BCUT2D eigenvalue weighted by Gasteiger charge is -2.27. The third-order valence-electron chi connectivity index (χ3n) is 5.54. The van der Waals surface area contributed by atoms with Gasteiger partial charge in [-0.25, -0.2) is 0 Å². The molecular weight excluding hydrogens is 412 g/mol. The number of hydrogen-bond donors (Lipinski definition) is 0. The van der Waals surface area contributed by atoms with Crippen molar-refractivity contribution < 1.29 is 19.1 Å². The van der Waals surface area contributed by atoms with Crippen molar-refractivity contribution in [2.75, 3.05) is 26.2 Å². The molecule has 2 aromatic rings. The Labute approximate surface area is 186 Å². The third kappa shape index (κ3) is 4.61. The normalized spacial score (nSPS) is 18.3. The van der Waals surface area contributed by atoms with E-state index < -0.39 is 11.1 Å².